The summed E-state index contributed by atoms with van der Waals surface area (Å²) in [6, 6.07) is 4.98. The van der Waals surface area contributed by atoms with Crippen molar-refractivity contribution in [1.82, 2.24) is 0 Å². The van der Waals surface area contributed by atoms with Crippen LogP contribution in [0.2, 0.25) is 0 Å². The Kier molecular flexibility index (Phi) is 2.81. The molecule has 4 heteroatoms. The Labute approximate surface area is 92.8 Å². The highest BCUT2D eigenvalue weighted by molar-refractivity contribution is 5.79. The highest BCUT2D eigenvalue weighted by Gasteiger charge is 2.18. The number of hydrogen-bond acceptors (Lipinski definition) is 3. The van der Waals surface area contributed by atoms with Crippen LogP contribution in [0.5, 0.6) is 11.5 Å². The van der Waals surface area contributed by atoms with Crippen molar-refractivity contribution in [1.29, 1.82) is 0 Å². The van der Waals surface area contributed by atoms with Gasteiger partial charge in [0.15, 0.2) is 0 Å². The largest absolute Gasteiger partial charge is 0.508 e. The van der Waals surface area contributed by atoms with Gasteiger partial charge in [-0.2, -0.15) is 0 Å². The lowest BCUT2D eigenvalue weighted by Gasteiger charge is -2.23. The first-order valence-corrected chi connectivity index (χ1v) is 5.01. The smallest absolute Gasteiger partial charge is 0.327 e. The van der Waals surface area contributed by atoms with Gasteiger partial charge in [-0.1, -0.05) is 12.1 Å². The van der Waals surface area contributed by atoms with Crippen LogP contribution in [0.1, 0.15) is 5.56 Å². The van der Waals surface area contributed by atoms with Crippen molar-refractivity contribution >= 4 is 5.97 Å². The molecule has 1 heterocycles. The number of rotatable bonds is 2. The van der Waals surface area contributed by atoms with Crippen molar-refractivity contribution in [3.63, 3.8) is 0 Å². The van der Waals surface area contributed by atoms with E-state index in [1.165, 1.54) is 0 Å². The molecule has 0 radical (unpaired) electrons. The van der Waals surface area contributed by atoms with E-state index in [2.05, 4.69) is 0 Å². The second kappa shape index (κ2) is 4.26. The molecule has 1 aliphatic heterocycles. The number of phenols is 1. The molecule has 2 N–H and O–H groups in total. The first-order chi connectivity index (χ1) is 7.65. The zero-order valence-electron chi connectivity index (χ0n) is 8.59. The average Bonchev–Trinajstić information content (AvgIpc) is 2.26. The van der Waals surface area contributed by atoms with Crippen LogP contribution in [0, 0.1) is 5.92 Å². The van der Waals surface area contributed by atoms with Crippen molar-refractivity contribution in [2.75, 3.05) is 6.61 Å². The minimum Gasteiger partial charge on any atom is -0.508 e. The molecule has 84 valence electrons. The number of aromatic hydroxyl groups is 1. The summed E-state index contributed by atoms with van der Waals surface area (Å²) in [5, 5.41) is 17.8. The molecule has 0 bridgehead atoms. The third-order valence-corrected chi connectivity index (χ3v) is 2.50. The molecule has 1 aromatic rings. The summed E-state index contributed by atoms with van der Waals surface area (Å²) in [7, 11) is 0. The summed E-state index contributed by atoms with van der Waals surface area (Å²) in [5.41, 5.74) is 0.990. The zero-order chi connectivity index (χ0) is 11.5. The van der Waals surface area contributed by atoms with Crippen LogP contribution in [0.25, 0.3) is 0 Å². The fourth-order valence-electron chi connectivity index (χ4n) is 1.73. The highest BCUT2D eigenvalue weighted by atomic mass is 16.5. The van der Waals surface area contributed by atoms with E-state index in [4.69, 9.17) is 9.84 Å². The van der Waals surface area contributed by atoms with E-state index in [1.54, 1.807) is 24.3 Å². The van der Waals surface area contributed by atoms with Gasteiger partial charge in [-0.3, -0.25) is 0 Å². The third kappa shape index (κ3) is 2.34. The second-order valence-electron chi connectivity index (χ2n) is 3.76. The van der Waals surface area contributed by atoms with Gasteiger partial charge in [0, 0.05) is 18.1 Å². The predicted octanol–water partition coefficient (Wildman–Crippen LogP) is 1.58. The Bertz CT molecular complexity index is 437. The molecule has 4 nitrogen and oxygen atoms in total. The quantitative estimate of drug-likeness (QED) is 0.742. The summed E-state index contributed by atoms with van der Waals surface area (Å²) < 4.78 is 5.45. The first-order valence-electron chi connectivity index (χ1n) is 5.01. The van der Waals surface area contributed by atoms with Gasteiger partial charge in [0.05, 0.1) is 6.61 Å². The lowest BCUT2D eigenvalue weighted by atomic mass is 9.96. The van der Waals surface area contributed by atoms with Crippen molar-refractivity contribution in [2.45, 2.75) is 6.42 Å². The van der Waals surface area contributed by atoms with Gasteiger partial charge in [0.1, 0.15) is 11.5 Å². The number of carbonyl (C=O) groups is 1. The van der Waals surface area contributed by atoms with E-state index < -0.39 is 5.97 Å². The maximum Gasteiger partial charge on any atom is 0.327 e. The molecule has 1 aromatic carbocycles. The minimum absolute atomic E-state index is 0.0770. The van der Waals surface area contributed by atoms with Crippen LogP contribution < -0.4 is 4.74 Å². The number of fused-ring (bicyclic) bond motifs is 1. The summed E-state index contributed by atoms with van der Waals surface area (Å²) in [5.74, 6) is -0.0112. The molecule has 0 aliphatic carbocycles. The first kappa shape index (κ1) is 10.5. The van der Waals surface area contributed by atoms with E-state index in [9.17, 15) is 9.90 Å². The third-order valence-electron chi connectivity index (χ3n) is 2.50. The minimum atomic E-state index is -0.948. The van der Waals surface area contributed by atoms with E-state index in [-0.39, 0.29) is 11.7 Å². The number of hydrogen-bond donors (Lipinski definition) is 2. The Morgan fingerprint density at radius 2 is 2.31 bits per heavy atom. The second-order valence-corrected chi connectivity index (χ2v) is 3.76. The van der Waals surface area contributed by atoms with Gasteiger partial charge in [0.25, 0.3) is 0 Å². The van der Waals surface area contributed by atoms with Crippen LogP contribution in [-0.2, 0) is 11.2 Å². The molecule has 1 unspecified atom stereocenters. The van der Waals surface area contributed by atoms with E-state index in [0.717, 1.165) is 18.1 Å². The number of ether oxygens (including phenoxy) is 1. The van der Waals surface area contributed by atoms with Gasteiger partial charge in [-0.15, -0.1) is 0 Å². The molecule has 0 saturated heterocycles. The Morgan fingerprint density at radius 3 is 3.06 bits per heavy atom. The fraction of sp³-hybridized carbons (Fsp3) is 0.250. The Hall–Kier alpha value is -1.97. The van der Waals surface area contributed by atoms with Gasteiger partial charge in [0.2, 0.25) is 0 Å². The summed E-state index contributed by atoms with van der Waals surface area (Å²) >= 11 is 0. The molecule has 0 aromatic heterocycles. The van der Waals surface area contributed by atoms with E-state index in [1.807, 2.05) is 0 Å². The molecular formula is C12H12O4. The van der Waals surface area contributed by atoms with Crippen molar-refractivity contribution in [3.8, 4) is 11.5 Å². The zero-order valence-corrected chi connectivity index (χ0v) is 8.59. The number of carboxylic acids is 1. The summed E-state index contributed by atoms with van der Waals surface area (Å²) in [6.07, 6.45) is 3.51. The van der Waals surface area contributed by atoms with Gasteiger partial charge in [-0.25, -0.2) is 4.79 Å². The number of aliphatic carboxylic acids is 1. The lowest BCUT2D eigenvalue weighted by Crippen LogP contribution is -2.19. The number of carboxylic acid groups (broad SMARTS) is 1. The fourth-order valence-corrected chi connectivity index (χ4v) is 1.73. The molecule has 0 spiro atoms. The molecule has 2 rings (SSSR count). The standard InChI is InChI=1S/C12H12O4/c13-10-3-2-9-5-8(1-4-12(14)15)7-16-11(9)6-10/h1-4,6,8,13H,5,7H2,(H,14,15). The van der Waals surface area contributed by atoms with Crippen LogP contribution in [0.15, 0.2) is 30.4 Å². The molecule has 0 amide bonds. The van der Waals surface area contributed by atoms with Gasteiger partial charge in [-0.05, 0) is 18.1 Å². The van der Waals surface area contributed by atoms with E-state index in [0.29, 0.717) is 12.4 Å². The van der Waals surface area contributed by atoms with Gasteiger partial charge < -0.3 is 14.9 Å². The molecule has 1 atom stereocenters. The van der Waals surface area contributed by atoms with Crippen LogP contribution in [0.4, 0.5) is 0 Å². The number of benzene rings is 1. The van der Waals surface area contributed by atoms with Crippen molar-refractivity contribution in [3.05, 3.63) is 35.9 Å². The van der Waals surface area contributed by atoms with Crippen molar-refractivity contribution in [2.24, 2.45) is 5.92 Å². The Balaban J connectivity index is 2.12. The Morgan fingerprint density at radius 1 is 1.50 bits per heavy atom. The molecule has 0 saturated carbocycles. The topological polar surface area (TPSA) is 66.8 Å². The maximum atomic E-state index is 10.4. The van der Waals surface area contributed by atoms with E-state index >= 15 is 0 Å². The predicted molar refractivity (Wildman–Crippen MR) is 57.6 cm³/mol. The highest BCUT2D eigenvalue weighted by Crippen LogP contribution is 2.30. The summed E-state index contributed by atoms with van der Waals surface area (Å²) in [4.78, 5) is 10.4. The van der Waals surface area contributed by atoms with Crippen molar-refractivity contribution < 1.29 is 19.7 Å². The SMILES string of the molecule is O=C(O)C=CC1COc2cc(O)ccc2C1. The van der Waals surface area contributed by atoms with Crippen LogP contribution in [-0.4, -0.2) is 22.8 Å². The lowest BCUT2D eigenvalue weighted by molar-refractivity contribution is -0.131. The molecule has 0 fully saturated rings. The van der Waals surface area contributed by atoms with Gasteiger partial charge >= 0.3 is 5.97 Å². The monoisotopic (exact) mass is 220 g/mol. The average molecular weight is 220 g/mol. The molecule has 16 heavy (non-hydrogen) atoms. The molecular weight excluding hydrogens is 208 g/mol. The molecule has 1 aliphatic rings. The normalized spacial score (nSPS) is 19.1. The maximum absolute atomic E-state index is 10.4. The summed E-state index contributed by atoms with van der Waals surface area (Å²) in [6.45, 7) is 0.445. The van der Waals surface area contributed by atoms with Crippen LogP contribution in [0.3, 0.4) is 0 Å². The van der Waals surface area contributed by atoms with Crippen LogP contribution >= 0.6 is 0 Å². The number of phenolic OH excluding ortho intramolecular Hbond substituents is 1.